The van der Waals surface area contributed by atoms with Crippen LogP contribution in [0, 0.1) is 0 Å². The summed E-state index contributed by atoms with van der Waals surface area (Å²) >= 11 is 0. The van der Waals surface area contributed by atoms with E-state index in [1.54, 1.807) is 30.3 Å². The Morgan fingerprint density at radius 3 is 2.22 bits per heavy atom. The molecular weight excluding hydrogens is 243 g/mol. The minimum absolute atomic E-state index is 0.115. The van der Waals surface area contributed by atoms with Crippen molar-refractivity contribution in [2.24, 2.45) is 0 Å². The van der Waals surface area contributed by atoms with Crippen LogP contribution in [0.4, 0.5) is 13.2 Å². The van der Waals surface area contributed by atoms with Gasteiger partial charge in [0.25, 0.3) is 0 Å². The summed E-state index contributed by atoms with van der Waals surface area (Å²) in [5.74, 6) is -0.454. The first kappa shape index (κ1) is 12.4. The minimum atomic E-state index is -4.48. The Kier molecular flexibility index (Phi) is 2.98. The summed E-state index contributed by atoms with van der Waals surface area (Å²) in [5.41, 5.74) is -0.551. The normalized spacial score (nSPS) is 11.6. The molecular formula is C13H10F3NO. The summed E-state index contributed by atoms with van der Waals surface area (Å²) in [6.45, 7) is 1.23. The third-order valence-corrected chi connectivity index (χ3v) is 2.58. The highest BCUT2D eigenvalue weighted by molar-refractivity contribution is 5.83. The second kappa shape index (κ2) is 4.33. The molecule has 0 radical (unpaired) electrons. The predicted molar refractivity (Wildman–Crippen MR) is 61.2 cm³/mol. The molecule has 0 unspecified atom stereocenters. The third-order valence-electron chi connectivity index (χ3n) is 2.58. The van der Waals surface area contributed by atoms with Gasteiger partial charge < -0.3 is 0 Å². The van der Waals surface area contributed by atoms with E-state index < -0.39 is 17.6 Å². The van der Waals surface area contributed by atoms with E-state index in [1.165, 1.54) is 6.92 Å². The van der Waals surface area contributed by atoms with Gasteiger partial charge in [0.15, 0.2) is 0 Å². The molecule has 0 aliphatic carbocycles. The Morgan fingerprint density at radius 1 is 1.11 bits per heavy atom. The van der Waals surface area contributed by atoms with Crippen molar-refractivity contribution < 1.29 is 18.0 Å². The first-order valence-electron chi connectivity index (χ1n) is 5.26. The number of alkyl halides is 3. The van der Waals surface area contributed by atoms with Crippen LogP contribution in [-0.2, 0) is 6.18 Å². The van der Waals surface area contributed by atoms with Gasteiger partial charge in [-0.15, -0.1) is 0 Å². The average molecular weight is 253 g/mol. The highest BCUT2D eigenvalue weighted by atomic mass is 19.4. The van der Waals surface area contributed by atoms with Crippen molar-refractivity contribution in [3.05, 3.63) is 48.2 Å². The molecule has 0 N–H and O–H groups in total. The van der Waals surface area contributed by atoms with Gasteiger partial charge in [0.05, 0.1) is 11.3 Å². The zero-order valence-electron chi connectivity index (χ0n) is 9.53. The fourth-order valence-corrected chi connectivity index (χ4v) is 1.81. The highest BCUT2D eigenvalue weighted by Crippen LogP contribution is 2.37. The lowest BCUT2D eigenvalue weighted by Crippen LogP contribution is -2.10. The van der Waals surface area contributed by atoms with E-state index in [0.717, 1.165) is 16.8 Å². The largest absolute Gasteiger partial charge is 0.418 e. The van der Waals surface area contributed by atoms with E-state index in [1.807, 2.05) is 0 Å². The lowest BCUT2D eigenvalue weighted by molar-refractivity contribution is -0.137. The summed E-state index contributed by atoms with van der Waals surface area (Å²) < 4.78 is 39.7. The number of benzene rings is 1. The van der Waals surface area contributed by atoms with Crippen molar-refractivity contribution in [1.29, 1.82) is 0 Å². The molecule has 0 aliphatic heterocycles. The lowest BCUT2D eigenvalue weighted by atomic mass is 10.1. The smallest absolute Gasteiger partial charge is 0.287 e. The maximum absolute atomic E-state index is 12.9. The molecule has 0 amide bonds. The monoisotopic (exact) mass is 253 g/mol. The minimum Gasteiger partial charge on any atom is -0.287 e. The van der Waals surface area contributed by atoms with Gasteiger partial charge in [0, 0.05) is 13.1 Å². The molecule has 0 bridgehead atoms. The number of hydrogen-bond acceptors (Lipinski definition) is 1. The molecule has 2 rings (SSSR count). The molecule has 2 nitrogen and oxygen atoms in total. The number of rotatable bonds is 1. The van der Waals surface area contributed by atoms with Crippen LogP contribution in [0.1, 0.15) is 17.3 Å². The number of carbonyl (C=O) groups is 1. The molecule has 1 aromatic heterocycles. The van der Waals surface area contributed by atoms with Crippen molar-refractivity contribution in [3.8, 4) is 11.3 Å². The molecule has 0 aliphatic rings. The highest BCUT2D eigenvalue weighted by Gasteiger charge is 2.36. The SMILES string of the molecule is CC(=O)n1ccc(C(F)(F)F)c1-c1ccccc1. The topological polar surface area (TPSA) is 22.0 Å². The zero-order chi connectivity index (χ0) is 13.3. The number of carbonyl (C=O) groups excluding carboxylic acids is 1. The van der Waals surface area contributed by atoms with Gasteiger partial charge in [-0.1, -0.05) is 30.3 Å². The fraction of sp³-hybridized carbons (Fsp3) is 0.154. The summed E-state index contributed by atoms with van der Waals surface area (Å²) in [5, 5.41) is 0. The Morgan fingerprint density at radius 2 is 1.72 bits per heavy atom. The summed E-state index contributed by atoms with van der Waals surface area (Å²) in [6.07, 6.45) is -3.33. The standard InChI is InChI=1S/C13H10F3NO/c1-9(18)17-8-7-11(13(14,15)16)12(17)10-5-3-2-4-6-10/h2-8H,1H3. The Balaban J connectivity index is 2.70. The molecule has 0 saturated heterocycles. The number of halogens is 3. The first-order chi connectivity index (χ1) is 8.41. The maximum atomic E-state index is 12.9. The molecule has 1 heterocycles. The van der Waals surface area contributed by atoms with E-state index in [4.69, 9.17) is 0 Å². The second-order valence-electron chi connectivity index (χ2n) is 3.83. The summed E-state index contributed by atoms with van der Waals surface area (Å²) in [4.78, 5) is 11.4. The van der Waals surface area contributed by atoms with E-state index in [-0.39, 0.29) is 5.69 Å². The van der Waals surface area contributed by atoms with Gasteiger partial charge >= 0.3 is 6.18 Å². The fourth-order valence-electron chi connectivity index (χ4n) is 1.81. The molecule has 2 aromatic rings. The van der Waals surface area contributed by atoms with Gasteiger partial charge in [0.2, 0.25) is 5.91 Å². The number of aromatic nitrogens is 1. The maximum Gasteiger partial charge on any atom is 0.418 e. The van der Waals surface area contributed by atoms with E-state index in [0.29, 0.717) is 5.56 Å². The van der Waals surface area contributed by atoms with Crippen LogP contribution in [0.15, 0.2) is 42.6 Å². The lowest BCUT2D eigenvalue weighted by Gasteiger charge is -2.11. The van der Waals surface area contributed by atoms with Gasteiger partial charge in [-0.25, -0.2) is 0 Å². The van der Waals surface area contributed by atoms with Crippen molar-refractivity contribution >= 4 is 5.91 Å². The van der Waals surface area contributed by atoms with E-state index in [2.05, 4.69) is 0 Å². The first-order valence-corrected chi connectivity index (χ1v) is 5.26. The molecule has 0 atom stereocenters. The predicted octanol–water partition coefficient (Wildman–Crippen LogP) is 3.83. The second-order valence-corrected chi connectivity index (χ2v) is 3.83. The molecule has 94 valence electrons. The van der Waals surface area contributed by atoms with Crippen molar-refractivity contribution in [1.82, 2.24) is 4.57 Å². The summed E-state index contributed by atoms with van der Waals surface area (Å²) in [7, 11) is 0. The molecule has 0 saturated carbocycles. The number of hydrogen-bond donors (Lipinski definition) is 0. The van der Waals surface area contributed by atoms with Crippen LogP contribution in [0.5, 0.6) is 0 Å². The Labute approximate surface area is 102 Å². The van der Waals surface area contributed by atoms with E-state index >= 15 is 0 Å². The van der Waals surface area contributed by atoms with Crippen LogP contribution in [-0.4, -0.2) is 10.5 Å². The molecule has 18 heavy (non-hydrogen) atoms. The molecule has 1 aromatic carbocycles. The quantitative estimate of drug-likeness (QED) is 0.757. The molecule has 5 heteroatoms. The van der Waals surface area contributed by atoms with Crippen LogP contribution < -0.4 is 0 Å². The van der Waals surface area contributed by atoms with Crippen molar-refractivity contribution in [2.75, 3.05) is 0 Å². The molecule has 0 fully saturated rings. The Hall–Kier alpha value is -2.04. The van der Waals surface area contributed by atoms with Crippen LogP contribution in [0.3, 0.4) is 0 Å². The Bertz CT molecular complexity index is 570. The average Bonchev–Trinajstić information content (AvgIpc) is 2.74. The van der Waals surface area contributed by atoms with Gasteiger partial charge in [-0.3, -0.25) is 9.36 Å². The van der Waals surface area contributed by atoms with Gasteiger partial charge in [-0.2, -0.15) is 13.2 Å². The van der Waals surface area contributed by atoms with Crippen LogP contribution in [0.25, 0.3) is 11.3 Å². The summed E-state index contributed by atoms with van der Waals surface area (Å²) in [6, 6.07) is 8.98. The van der Waals surface area contributed by atoms with Gasteiger partial charge in [0.1, 0.15) is 0 Å². The van der Waals surface area contributed by atoms with E-state index in [9.17, 15) is 18.0 Å². The van der Waals surface area contributed by atoms with Crippen LogP contribution >= 0.6 is 0 Å². The molecule has 0 spiro atoms. The third kappa shape index (κ3) is 2.16. The number of nitrogens with zero attached hydrogens (tertiary/aromatic N) is 1. The van der Waals surface area contributed by atoms with Gasteiger partial charge in [-0.05, 0) is 11.6 Å². The van der Waals surface area contributed by atoms with Crippen molar-refractivity contribution in [3.63, 3.8) is 0 Å². The zero-order valence-corrected chi connectivity index (χ0v) is 9.53. The van der Waals surface area contributed by atoms with Crippen LogP contribution in [0.2, 0.25) is 0 Å². The van der Waals surface area contributed by atoms with Crippen molar-refractivity contribution in [2.45, 2.75) is 13.1 Å².